The maximum Gasteiger partial charge on any atom is 0.244 e. The number of hydrogen-bond donors (Lipinski definition) is 1. The van der Waals surface area contributed by atoms with Crippen LogP contribution in [0.4, 0.5) is 5.69 Å². The second-order valence-electron chi connectivity index (χ2n) is 10.3. The number of rotatable bonds is 9. The standard InChI is InChI=1S/C33H35N3O3S/c1-5-36-30-14-10-9-13-28(30)29-21-27(15-16-31(29)36)34-32(37)22-35(18-17-26-11-7-6-8-12-26)40(38,39)33-24(3)19-23(2)20-25(33)4/h6-16,19-21H,5,17-18,22H2,1-4H3,(H,34,37). The molecule has 0 aliphatic heterocycles. The molecule has 0 bridgehead atoms. The lowest BCUT2D eigenvalue weighted by molar-refractivity contribution is -0.116. The molecule has 0 fully saturated rings. The largest absolute Gasteiger partial charge is 0.341 e. The summed E-state index contributed by atoms with van der Waals surface area (Å²) in [6.07, 6.45) is 0.500. The molecule has 1 heterocycles. The van der Waals surface area contributed by atoms with Crippen LogP contribution in [0.25, 0.3) is 21.8 Å². The molecule has 0 atom stereocenters. The number of aromatic nitrogens is 1. The zero-order valence-electron chi connectivity index (χ0n) is 23.4. The lowest BCUT2D eigenvalue weighted by atomic mass is 10.1. The van der Waals surface area contributed by atoms with Gasteiger partial charge in [0.05, 0.1) is 11.4 Å². The van der Waals surface area contributed by atoms with Crippen LogP contribution in [0.1, 0.15) is 29.2 Å². The fourth-order valence-corrected chi connectivity index (χ4v) is 7.53. The van der Waals surface area contributed by atoms with E-state index in [4.69, 9.17) is 0 Å². The molecule has 0 saturated heterocycles. The first-order valence-electron chi connectivity index (χ1n) is 13.6. The third-order valence-corrected chi connectivity index (χ3v) is 9.54. The number of aryl methyl sites for hydroxylation is 4. The normalized spacial score (nSPS) is 11.9. The molecular weight excluding hydrogens is 518 g/mol. The molecule has 1 amide bonds. The van der Waals surface area contributed by atoms with Gasteiger partial charge < -0.3 is 9.88 Å². The highest BCUT2D eigenvalue weighted by Gasteiger charge is 2.29. The third kappa shape index (κ3) is 5.40. The van der Waals surface area contributed by atoms with E-state index in [1.54, 1.807) is 0 Å². The van der Waals surface area contributed by atoms with Crippen LogP contribution in [0.15, 0.2) is 89.8 Å². The number of anilines is 1. The van der Waals surface area contributed by atoms with Gasteiger partial charge in [0.15, 0.2) is 0 Å². The van der Waals surface area contributed by atoms with Crippen LogP contribution >= 0.6 is 0 Å². The van der Waals surface area contributed by atoms with Crippen LogP contribution in [0.3, 0.4) is 0 Å². The summed E-state index contributed by atoms with van der Waals surface area (Å²) in [5.41, 5.74) is 6.26. The average molecular weight is 554 g/mol. The Morgan fingerprint density at radius 1 is 0.825 bits per heavy atom. The van der Waals surface area contributed by atoms with E-state index in [1.807, 2.05) is 93.6 Å². The van der Waals surface area contributed by atoms with E-state index in [9.17, 15) is 13.2 Å². The molecule has 6 nitrogen and oxygen atoms in total. The van der Waals surface area contributed by atoms with Gasteiger partial charge >= 0.3 is 0 Å². The molecule has 0 radical (unpaired) electrons. The van der Waals surface area contributed by atoms with Crippen molar-refractivity contribution in [2.45, 2.75) is 45.6 Å². The van der Waals surface area contributed by atoms with Gasteiger partial charge in [0.1, 0.15) is 0 Å². The van der Waals surface area contributed by atoms with Crippen LogP contribution in [0.5, 0.6) is 0 Å². The number of sulfonamides is 1. The van der Waals surface area contributed by atoms with Crippen LogP contribution in [-0.4, -0.2) is 36.3 Å². The van der Waals surface area contributed by atoms with E-state index in [-0.39, 0.29) is 23.9 Å². The molecule has 5 aromatic rings. The Morgan fingerprint density at radius 3 is 2.17 bits per heavy atom. The average Bonchev–Trinajstić information content (AvgIpc) is 3.23. The van der Waals surface area contributed by atoms with Crippen LogP contribution in [0.2, 0.25) is 0 Å². The fraction of sp³-hybridized carbons (Fsp3) is 0.242. The van der Waals surface area contributed by atoms with Crippen molar-refractivity contribution in [2.24, 2.45) is 0 Å². The van der Waals surface area contributed by atoms with Crippen molar-refractivity contribution in [2.75, 3.05) is 18.4 Å². The molecule has 1 aromatic heterocycles. The third-order valence-electron chi connectivity index (χ3n) is 7.39. The van der Waals surface area contributed by atoms with E-state index < -0.39 is 10.0 Å². The van der Waals surface area contributed by atoms with E-state index in [2.05, 4.69) is 28.9 Å². The minimum atomic E-state index is -3.93. The highest BCUT2D eigenvalue weighted by Crippen LogP contribution is 2.31. The molecule has 0 spiro atoms. The SMILES string of the molecule is CCn1c2ccccc2c2cc(NC(=O)CN(CCc3ccccc3)S(=O)(=O)c3c(C)cc(C)cc3C)ccc21. The molecule has 0 saturated carbocycles. The second-order valence-corrected chi connectivity index (χ2v) is 12.2. The molecule has 5 rings (SSSR count). The number of carbonyl (C=O) groups is 1. The van der Waals surface area contributed by atoms with Crippen LogP contribution < -0.4 is 5.32 Å². The summed E-state index contributed by atoms with van der Waals surface area (Å²) in [5, 5.41) is 5.13. The lowest BCUT2D eigenvalue weighted by Crippen LogP contribution is -2.39. The Morgan fingerprint density at radius 2 is 1.48 bits per heavy atom. The molecule has 40 heavy (non-hydrogen) atoms. The van der Waals surface area contributed by atoms with Gasteiger partial charge in [-0.05, 0) is 75.1 Å². The molecule has 0 unspecified atom stereocenters. The Bertz CT molecular complexity index is 1780. The van der Waals surface area contributed by atoms with Gasteiger partial charge in [-0.1, -0.05) is 66.2 Å². The lowest BCUT2D eigenvalue weighted by Gasteiger charge is -2.24. The number of para-hydroxylation sites is 1. The molecule has 0 aliphatic carbocycles. The zero-order valence-corrected chi connectivity index (χ0v) is 24.3. The smallest absolute Gasteiger partial charge is 0.244 e. The van der Waals surface area contributed by atoms with E-state index in [0.717, 1.165) is 39.5 Å². The van der Waals surface area contributed by atoms with Crippen molar-refractivity contribution in [3.8, 4) is 0 Å². The Hall–Kier alpha value is -3.94. The van der Waals surface area contributed by atoms with Gasteiger partial charge in [-0.25, -0.2) is 8.42 Å². The van der Waals surface area contributed by atoms with Gasteiger partial charge in [-0.3, -0.25) is 4.79 Å². The van der Waals surface area contributed by atoms with E-state index in [1.165, 1.54) is 4.31 Å². The molecule has 0 aliphatic rings. The molecule has 1 N–H and O–H groups in total. The number of amides is 1. The summed E-state index contributed by atoms with van der Waals surface area (Å²) in [4.78, 5) is 13.6. The summed E-state index contributed by atoms with van der Waals surface area (Å²) in [7, 11) is -3.93. The number of nitrogens with one attached hydrogen (secondary N) is 1. The first-order valence-corrected chi connectivity index (χ1v) is 15.1. The van der Waals surface area contributed by atoms with Crippen molar-refractivity contribution in [1.82, 2.24) is 8.87 Å². The van der Waals surface area contributed by atoms with Crippen molar-refractivity contribution < 1.29 is 13.2 Å². The zero-order chi connectivity index (χ0) is 28.4. The summed E-state index contributed by atoms with van der Waals surface area (Å²) in [6, 6.07) is 27.6. The molecule has 4 aromatic carbocycles. The minimum absolute atomic E-state index is 0.190. The number of fused-ring (bicyclic) bond motifs is 3. The maximum atomic E-state index is 14.0. The topological polar surface area (TPSA) is 71.4 Å². The van der Waals surface area contributed by atoms with Crippen molar-refractivity contribution in [3.05, 3.63) is 107 Å². The first-order chi connectivity index (χ1) is 19.2. The van der Waals surface area contributed by atoms with Crippen LogP contribution in [-0.2, 0) is 27.8 Å². The highest BCUT2D eigenvalue weighted by atomic mass is 32.2. The molecule has 206 valence electrons. The van der Waals surface area contributed by atoms with E-state index >= 15 is 0 Å². The molecular formula is C33H35N3O3S. The predicted octanol–water partition coefficient (Wildman–Crippen LogP) is 6.61. The Balaban J connectivity index is 1.45. The maximum absolute atomic E-state index is 14.0. The second kappa shape index (κ2) is 11.3. The van der Waals surface area contributed by atoms with Gasteiger partial charge in [-0.15, -0.1) is 0 Å². The number of hydrogen-bond acceptors (Lipinski definition) is 3. The quantitative estimate of drug-likeness (QED) is 0.223. The number of carbonyl (C=O) groups excluding carboxylic acids is 1. The highest BCUT2D eigenvalue weighted by molar-refractivity contribution is 7.89. The van der Waals surface area contributed by atoms with Gasteiger partial charge in [0, 0.05) is 40.6 Å². The fourth-order valence-electron chi connectivity index (χ4n) is 5.72. The Labute approximate surface area is 236 Å². The number of nitrogens with zero attached hydrogens (tertiary/aromatic N) is 2. The summed E-state index contributed by atoms with van der Waals surface area (Å²) < 4.78 is 31.5. The van der Waals surface area contributed by atoms with Gasteiger partial charge in [-0.2, -0.15) is 4.31 Å². The summed E-state index contributed by atoms with van der Waals surface area (Å²) in [5.74, 6) is -0.377. The first kappa shape index (κ1) is 27.6. The monoisotopic (exact) mass is 553 g/mol. The summed E-state index contributed by atoms with van der Waals surface area (Å²) >= 11 is 0. The predicted molar refractivity (Wildman–Crippen MR) is 163 cm³/mol. The molecule has 7 heteroatoms. The van der Waals surface area contributed by atoms with Crippen LogP contribution in [0, 0.1) is 20.8 Å². The summed E-state index contributed by atoms with van der Waals surface area (Å²) in [6.45, 7) is 8.43. The number of benzene rings is 4. The van der Waals surface area contributed by atoms with Crippen molar-refractivity contribution in [1.29, 1.82) is 0 Å². The van der Waals surface area contributed by atoms with Gasteiger partial charge in [0.2, 0.25) is 15.9 Å². The minimum Gasteiger partial charge on any atom is -0.341 e. The van der Waals surface area contributed by atoms with Gasteiger partial charge in [0.25, 0.3) is 0 Å². The van der Waals surface area contributed by atoms with E-state index in [0.29, 0.717) is 23.2 Å². The van der Waals surface area contributed by atoms with Crippen molar-refractivity contribution >= 4 is 43.4 Å². The van der Waals surface area contributed by atoms with Crippen molar-refractivity contribution in [3.63, 3.8) is 0 Å². The Kier molecular flexibility index (Phi) is 7.79.